The van der Waals surface area contributed by atoms with Crippen molar-refractivity contribution < 1.29 is 16.8 Å². The highest BCUT2D eigenvalue weighted by Gasteiger charge is 2.30. The molecular formula is C18H28N4O4S2. The number of rotatable bonds is 5. The lowest BCUT2D eigenvalue weighted by Gasteiger charge is -2.31. The van der Waals surface area contributed by atoms with Gasteiger partial charge in [0.2, 0.25) is 10.0 Å². The zero-order valence-electron chi connectivity index (χ0n) is 16.0. The van der Waals surface area contributed by atoms with Crippen LogP contribution in [-0.2, 0) is 19.9 Å². The van der Waals surface area contributed by atoms with E-state index in [4.69, 9.17) is 0 Å². The van der Waals surface area contributed by atoms with E-state index in [0.29, 0.717) is 42.8 Å². The molecule has 0 radical (unpaired) electrons. The summed E-state index contributed by atoms with van der Waals surface area (Å²) in [4.78, 5) is 4.51. The molecule has 2 aliphatic heterocycles. The smallest absolute Gasteiger partial charge is 0.243 e. The zero-order valence-corrected chi connectivity index (χ0v) is 17.7. The molecule has 1 atom stereocenters. The monoisotopic (exact) mass is 428 g/mol. The van der Waals surface area contributed by atoms with Gasteiger partial charge in [0.25, 0.3) is 0 Å². The van der Waals surface area contributed by atoms with Gasteiger partial charge < -0.3 is 10.6 Å². The molecular weight excluding hydrogens is 400 g/mol. The first kappa shape index (κ1) is 21.1. The molecule has 1 aromatic rings. The molecule has 0 spiro atoms. The molecule has 0 saturated carbocycles. The van der Waals surface area contributed by atoms with Crippen molar-refractivity contribution in [3.8, 4) is 0 Å². The van der Waals surface area contributed by atoms with Crippen molar-refractivity contribution >= 4 is 25.8 Å². The Bertz CT molecular complexity index is 893. The van der Waals surface area contributed by atoms with E-state index >= 15 is 0 Å². The summed E-state index contributed by atoms with van der Waals surface area (Å²) in [5, 5.41) is 6.42. The summed E-state index contributed by atoms with van der Waals surface area (Å²) < 4.78 is 50.1. The van der Waals surface area contributed by atoms with Gasteiger partial charge in [-0.15, -0.1) is 0 Å². The second-order valence-corrected chi connectivity index (χ2v) is 11.5. The Morgan fingerprint density at radius 1 is 1.18 bits per heavy atom. The predicted octanol–water partition coefficient (Wildman–Crippen LogP) is 0.439. The first-order valence-electron chi connectivity index (χ1n) is 9.53. The van der Waals surface area contributed by atoms with Crippen molar-refractivity contribution in [1.29, 1.82) is 0 Å². The normalized spacial score (nSPS) is 24.2. The van der Waals surface area contributed by atoms with Crippen molar-refractivity contribution in [3.05, 3.63) is 30.3 Å². The molecule has 8 nitrogen and oxygen atoms in total. The van der Waals surface area contributed by atoms with Gasteiger partial charge in [-0.3, -0.25) is 4.99 Å². The number of nitrogens with zero attached hydrogens (tertiary/aromatic N) is 2. The Kier molecular flexibility index (Phi) is 6.61. The van der Waals surface area contributed by atoms with E-state index in [9.17, 15) is 16.8 Å². The van der Waals surface area contributed by atoms with E-state index in [1.165, 1.54) is 0 Å². The highest BCUT2D eigenvalue weighted by molar-refractivity contribution is 7.91. The van der Waals surface area contributed by atoms with Crippen LogP contribution in [0.3, 0.4) is 0 Å². The molecule has 10 heteroatoms. The van der Waals surface area contributed by atoms with Crippen molar-refractivity contribution in [2.75, 3.05) is 38.2 Å². The number of sulfonamides is 1. The molecule has 0 aliphatic carbocycles. The van der Waals surface area contributed by atoms with Crippen molar-refractivity contribution in [2.24, 2.45) is 10.9 Å². The van der Waals surface area contributed by atoms with Crippen LogP contribution in [0.25, 0.3) is 0 Å². The van der Waals surface area contributed by atoms with Gasteiger partial charge in [0.05, 0.1) is 16.4 Å². The van der Waals surface area contributed by atoms with Gasteiger partial charge in [-0.05, 0) is 37.3 Å². The molecule has 0 amide bonds. The standard InChI is InChI=1S/C18H28N4O4S2/c1-19-18(21-16-9-12-27(23,24)14-16)20-13-15-7-10-22(11-8-15)28(25,26)17-5-3-2-4-6-17/h2-6,15-16H,7-14H2,1H3,(H2,19,20,21). The minimum Gasteiger partial charge on any atom is -0.356 e. The Balaban J connectivity index is 1.46. The number of benzene rings is 1. The van der Waals surface area contributed by atoms with Gasteiger partial charge in [0, 0.05) is 32.7 Å². The maximum atomic E-state index is 12.7. The van der Waals surface area contributed by atoms with Crippen LogP contribution in [0.2, 0.25) is 0 Å². The lowest BCUT2D eigenvalue weighted by Crippen LogP contribution is -2.47. The zero-order chi connectivity index (χ0) is 20.2. The van der Waals surface area contributed by atoms with E-state index < -0.39 is 19.9 Å². The van der Waals surface area contributed by atoms with E-state index in [2.05, 4.69) is 15.6 Å². The minimum absolute atomic E-state index is 0.103. The molecule has 3 rings (SSSR count). The molecule has 2 heterocycles. The van der Waals surface area contributed by atoms with E-state index in [0.717, 1.165) is 12.8 Å². The number of hydrogen-bond acceptors (Lipinski definition) is 5. The van der Waals surface area contributed by atoms with Gasteiger partial charge in [-0.1, -0.05) is 18.2 Å². The fourth-order valence-corrected chi connectivity index (χ4v) is 6.80. The number of guanidine groups is 1. The SMILES string of the molecule is CN=C(NCC1CCN(S(=O)(=O)c2ccccc2)CC1)NC1CCS(=O)(=O)C1. The van der Waals surface area contributed by atoms with Crippen molar-refractivity contribution in [2.45, 2.75) is 30.2 Å². The molecule has 2 N–H and O–H groups in total. The van der Waals surface area contributed by atoms with Crippen molar-refractivity contribution in [3.63, 3.8) is 0 Å². The number of sulfone groups is 1. The second kappa shape index (κ2) is 8.79. The molecule has 1 unspecified atom stereocenters. The Hall–Kier alpha value is -1.65. The summed E-state index contributed by atoms with van der Waals surface area (Å²) >= 11 is 0. The third kappa shape index (κ3) is 5.24. The van der Waals surface area contributed by atoms with Crippen LogP contribution in [0.1, 0.15) is 19.3 Å². The van der Waals surface area contributed by atoms with Gasteiger partial charge in [0.1, 0.15) is 0 Å². The molecule has 28 heavy (non-hydrogen) atoms. The third-order valence-corrected chi connectivity index (χ3v) is 8.99. The lowest BCUT2D eigenvalue weighted by molar-refractivity contribution is 0.273. The highest BCUT2D eigenvalue weighted by atomic mass is 32.2. The van der Waals surface area contributed by atoms with Crippen LogP contribution in [0.4, 0.5) is 0 Å². The number of hydrogen-bond donors (Lipinski definition) is 2. The van der Waals surface area contributed by atoms with Crippen LogP contribution in [0, 0.1) is 5.92 Å². The third-order valence-electron chi connectivity index (χ3n) is 5.31. The Morgan fingerprint density at radius 3 is 2.43 bits per heavy atom. The average Bonchev–Trinajstić information content (AvgIpc) is 3.04. The Morgan fingerprint density at radius 2 is 1.86 bits per heavy atom. The molecule has 2 fully saturated rings. The van der Waals surface area contributed by atoms with Crippen LogP contribution >= 0.6 is 0 Å². The number of nitrogens with one attached hydrogen (secondary N) is 2. The maximum absolute atomic E-state index is 12.7. The van der Waals surface area contributed by atoms with Gasteiger partial charge in [-0.25, -0.2) is 16.8 Å². The summed E-state index contributed by atoms with van der Waals surface area (Å²) in [6.07, 6.45) is 2.14. The molecule has 2 saturated heterocycles. The Labute approximate surface area is 167 Å². The summed E-state index contributed by atoms with van der Waals surface area (Å²) in [6.45, 7) is 1.67. The number of piperidine rings is 1. The average molecular weight is 429 g/mol. The first-order chi connectivity index (χ1) is 13.3. The topological polar surface area (TPSA) is 108 Å². The quantitative estimate of drug-likeness (QED) is 0.520. The molecule has 1 aromatic carbocycles. The largest absolute Gasteiger partial charge is 0.356 e. The summed E-state index contributed by atoms with van der Waals surface area (Å²) in [5.74, 6) is 1.30. The van der Waals surface area contributed by atoms with Crippen LogP contribution in [0.5, 0.6) is 0 Å². The fourth-order valence-electron chi connectivity index (χ4n) is 3.63. The second-order valence-electron chi connectivity index (χ2n) is 7.36. The van der Waals surface area contributed by atoms with Crippen molar-refractivity contribution in [1.82, 2.24) is 14.9 Å². The van der Waals surface area contributed by atoms with Crippen LogP contribution in [-0.4, -0.2) is 71.3 Å². The van der Waals surface area contributed by atoms with Gasteiger partial charge in [0.15, 0.2) is 15.8 Å². The molecule has 0 bridgehead atoms. The van der Waals surface area contributed by atoms with E-state index in [1.54, 1.807) is 41.7 Å². The van der Waals surface area contributed by atoms with Gasteiger partial charge in [-0.2, -0.15) is 4.31 Å². The lowest BCUT2D eigenvalue weighted by atomic mass is 9.98. The highest BCUT2D eigenvalue weighted by Crippen LogP contribution is 2.23. The molecule has 0 aromatic heterocycles. The minimum atomic E-state index is -3.43. The van der Waals surface area contributed by atoms with Crippen LogP contribution in [0.15, 0.2) is 40.2 Å². The number of aliphatic imine (C=N–C) groups is 1. The summed E-state index contributed by atoms with van der Waals surface area (Å²) in [7, 11) is -4.70. The van der Waals surface area contributed by atoms with Gasteiger partial charge >= 0.3 is 0 Å². The first-order valence-corrected chi connectivity index (χ1v) is 12.8. The van der Waals surface area contributed by atoms with E-state index in [-0.39, 0.29) is 17.5 Å². The van der Waals surface area contributed by atoms with Crippen LogP contribution < -0.4 is 10.6 Å². The summed E-state index contributed by atoms with van der Waals surface area (Å²) in [5.41, 5.74) is 0. The van der Waals surface area contributed by atoms with E-state index in [1.807, 2.05) is 0 Å². The predicted molar refractivity (Wildman–Crippen MR) is 109 cm³/mol. The molecule has 2 aliphatic rings. The maximum Gasteiger partial charge on any atom is 0.243 e. The summed E-state index contributed by atoms with van der Waals surface area (Å²) in [6, 6.07) is 8.42. The molecule has 156 valence electrons. The fraction of sp³-hybridized carbons (Fsp3) is 0.611.